The summed E-state index contributed by atoms with van der Waals surface area (Å²) in [6, 6.07) is 19.6. The number of carbonyl (C=O) groups is 1. The number of hydrogen-bond acceptors (Lipinski definition) is 4. The largest absolute Gasteiger partial charge is 2.00 e. The van der Waals surface area contributed by atoms with Gasteiger partial charge in [0.15, 0.2) is 6.10 Å². The molecule has 0 saturated carbocycles. The number of benzene rings is 2. The first-order valence-corrected chi connectivity index (χ1v) is 13.7. The standard InChI is InChI=1S/C32H41O4.3CO.CH3.Fe/c1-5-14-30(35-24-33)20-13-12-15-25(2)21-26(3)22-27(4)23-31(34)36-32(28-16-8-6-9-17-28)29-18-10-7-11-19-29;3*1-2;;/h6-11,16-19,22-23,25,30,32H,5,12-15,20-21H2,1-4H3;;;;1H3;/q-1;;;;-1;+2/b26-22+,27-23+;;;;;/t25-,30+;;;;;/m1...../s1. The molecule has 0 spiro atoms. The van der Waals surface area contributed by atoms with E-state index in [4.69, 9.17) is 23.4 Å². The summed E-state index contributed by atoms with van der Waals surface area (Å²) in [6.07, 6.45) is 10.3. The van der Waals surface area contributed by atoms with Gasteiger partial charge in [0.1, 0.15) is 0 Å². The molecule has 0 bridgehead atoms. The Labute approximate surface area is 275 Å². The Kier molecular flexibility index (Phi) is 35.1. The Morgan fingerprint density at radius 3 is 1.77 bits per heavy atom. The summed E-state index contributed by atoms with van der Waals surface area (Å²) in [6.45, 7) is 23.5. The molecule has 2 aromatic carbocycles. The third-order valence-electron chi connectivity index (χ3n) is 6.23. The number of esters is 1. The van der Waals surface area contributed by atoms with Crippen LogP contribution in [0.2, 0.25) is 0 Å². The van der Waals surface area contributed by atoms with E-state index < -0.39 is 6.10 Å². The van der Waals surface area contributed by atoms with Gasteiger partial charge in [-0.25, -0.2) is 4.79 Å². The molecule has 0 heterocycles. The molecule has 2 aromatic rings. The Morgan fingerprint density at radius 2 is 1.32 bits per heavy atom. The van der Waals surface area contributed by atoms with E-state index in [-0.39, 0.29) is 36.6 Å². The molecule has 2 atom stereocenters. The van der Waals surface area contributed by atoms with Crippen LogP contribution in [0.4, 0.5) is 0 Å². The summed E-state index contributed by atoms with van der Waals surface area (Å²) >= 11 is 0. The second kappa shape index (κ2) is 32.5. The van der Waals surface area contributed by atoms with Gasteiger partial charge in [0, 0.05) is 6.08 Å². The van der Waals surface area contributed by atoms with Gasteiger partial charge in [-0.1, -0.05) is 112 Å². The predicted octanol–water partition coefficient (Wildman–Crippen LogP) is 8.39. The van der Waals surface area contributed by atoms with Crippen molar-refractivity contribution in [3.05, 3.63) is 122 Å². The average molecular weight is 645 g/mol. The molecular formula is C36H44FeO7. The van der Waals surface area contributed by atoms with E-state index in [0.29, 0.717) is 5.92 Å². The topological polar surface area (TPSA) is 112 Å². The van der Waals surface area contributed by atoms with Crippen LogP contribution in [0.3, 0.4) is 0 Å². The number of hydrogen-bond donors (Lipinski definition) is 0. The predicted molar refractivity (Wildman–Crippen MR) is 164 cm³/mol. The minimum absolute atomic E-state index is 0. The van der Waals surface area contributed by atoms with Gasteiger partial charge < -0.3 is 21.7 Å². The molecule has 44 heavy (non-hydrogen) atoms. The van der Waals surface area contributed by atoms with Crippen molar-refractivity contribution in [2.45, 2.75) is 84.8 Å². The zero-order valence-corrected chi connectivity index (χ0v) is 27.4. The third kappa shape index (κ3) is 22.2. The van der Waals surface area contributed by atoms with E-state index in [1.54, 1.807) is 12.5 Å². The first-order chi connectivity index (χ1) is 20.4. The molecule has 0 radical (unpaired) electrons. The fourth-order valence-electron chi connectivity index (χ4n) is 4.58. The minimum Gasteiger partial charge on any atom is -0.358 e. The van der Waals surface area contributed by atoms with Crippen molar-refractivity contribution in [3.63, 3.8) is 0 Å². The molecule has 0 N–H and O–H groups in total. The molecule has 0 amide bonds. The van der Waals surface area contributed by atoms with Crippen molar-refractivity contribution in [1.29, 1.82) is 0 Å². The molecular weight excluding hydrogens is 600 g/mol. The molecule has 8 heteroatoms. The molecule has 0 aliphatic heterocycles. The molecule has 0 saturated heterocycles. The van der Waals surface area contributed by atoms with Crippen molar-refractivity contribution in [2.24, 2.45) is 5.92 Å². The van der Waals surface area contributed by atoms with Gasteiger partial charge in [0.2, 0.25) is 0 Å². The van der Waals surface area contributed by atoms with Gasteiger partial charge in [-0.05, 0) is 62.1 Å². The van der Waals surface area contributed by atoms with Crippen LogP contribution >= 0.6 is 0 Å². The Bertz CT molecular complexity index is 1050. The fraction of sp³-hybridized carbons (Fsp3) is 0.389. The summed E-state index contributed by atoms with van der Waals surface area (Å²) in [5.74, 6) is 0.198. The zero-order chi connectivity index (χ0) is 32.2. The van der Waals surface area contributed by atoms with E-state index in [0.717, 1.165) is 61.6 Å². The zero-order valence-electron chi connectivity index (χ0n) is 26.3. The molecule has 2 rings (SSSR count). The minimum atomic E-state index is -0.444. The molecule has 0 aliphatic rings. The van der Waals surface area contributed by atoms with E-state index >= 15 is 0 Å². The smallest absolute Gasteiger partial charge is 0.358 e. The van der Waals surface area contributed by atoms with Gasteiger partial charge in [-0.15, -0.1) is 0 Å². The molecule has 0 aliphatic carbocycles. The SMILES string of the molecule is CCC[C@@H](CCCC[C@@H](C)C/C(C)=C/C(C)=C/C(=O)OC(c1ccccc1)c1ccccc1)O[C-]=O.[C-]#[O+].[C-]#[O+].[C-]#[O+].[CH3-].[Fe+2]. The summed E-state index contributed by atoms with van der Waals surface area (Å²) in [4.78, 5) is 23.3. The molecule has 7 nitrogen and oxygen atoms in total. The summed E-state index contributed by atoms with van der Waals surface area (Å²) < 4.78 is 33.4. The fourth-order valence-corrected chi connectivity index (χ4v) is 4.58. The average Bonchev–Trinajstić information content (AvgIpc) is 3.02. The number of allylic oxidation sites excluding steroid dienone is 3. The van der Waals surface area contributed by atoms with Crippen LogP contribution in [0.5, 0.6) is 0 Å². The number of rotatable bonds is 16. The molecule has 0 unspecified atom stereocenters. The third-order valence-corrected chi connectivity index (χ3v) is 6.23. The van der Waals surface area contributed by atoms with Crippen molar-refractivity contribution < 1.29 is 50.1 Å². The Balaban J connectivity index is -0.000000939. The molecule has 238 valence electrons. The van der Waals surface area contributed by atoms with Crippen LogP contribution in [0.25, 0.3) is 0 Å². The number of unbranched alkanes of at least 4 members (excludes halogenated alkanes) is 1. The van der Waals surface area contributed by atoms with Crippen LogP contribution in [0.1, 0.15) is 89.9 Å². The van der Waals surface area contributed by atoms with E-state index in [1.807, 2.05) is 67.6 Å². The van der Waals surface area contributed by atoms with Crippen LogP contribution < -0.4 is 0 Å². The van der Waals surface area contributed by atoms with E-state index in [2.05, 4.69) is 46.8 Å². The van der Waals surface area contributed by atoms with Gasteiger partial charge >= 0.3 is 56.9 Å². The monoisotopic (exact) mass is 644 g/mol. The van der Waals surface area contributed by atoms with Crippen molar-refractivity contribution in [2.75, 3.05) is 0 Å². The normalized spacial score (nSPS) is 11.4. The van der Waals surface area contributed by atoms with Crippen LogP contribution in [0.15, 0.2) is 84.0 Å². The maximum atomic E-state index is 12.8. The van der Waals surface area contributed by atoms with Crippen LogP contribution in [-0.2, 0) is 50.1 Å². The molecule has 0 fully saturated rings. The van der Waals surface area contributed by atoms with Gasteiger partial charge in [-0.3, -0.25) is 0 Å². The Morgan fingerprint density at radius 1 is 0.841 bits per heavy atom. The summed E-state index contributed by atoms with van der Waals surface area (Å²) in [7, 11) is 0. The van der Waals surface area contributed by atoms with Crippen molar-refractivity contribution in [3.8, 4) is 0 Å². The summed E-state index contributed by atoms with van der Waals surface area (Å²) in [5.41, 5.74) is 4.02. The van der Waals surface area contributed by atoms with Crippen LogP contribution in [0, 0.1) is 33.3 Å². The second-order valence-electron chi connectivity index (χ2n) is 9.72. The van der Waals surface area contributed by atoms with Gasteiger partial charge in [-0.2, -0.15) is 0 Å². The Hall–Kier alpha value is -3.40. The molecule has 0 aromatic heterocycles. The number of carbonyl (C=O) groups excluding carboxylic acids is 2. The van der Waals surface area contributed by atoms with Crippen molar-refractivity contribution in [1.82, 2.24) is 0 Å². The van der Waals surface area contributed by atoms with Crippen molar-refractivity contribution >= 4 is 12.4 Å². The first kappa shape index (κ1) is 47.5. The maximum absolute atomic E-state index is 12.8. The second-order valence-corrected chi connectivity index (χ2v) is 9.72. The van der Waals surface area contributed by atoms with Crippen LogP contribution in [-0.4, -0.2) is 18.5 Å². The number of ether oxygens (including phenoxy) is 2. The summed E-state index contributed by atoms with van der Waals surface area (Å²) in [5, 5.41) is 0. The quantitative estimate of drug-likeness (QED) is 0.0347. The maximum Gasteiger partial charge on any atom is 2.00 e. The van der Waals surface area contributed by atoms with E-state index in [1.165, 1.54) is 5.57 Å². The first-order valence-electron chi connectivity index (χ1n) is 13.7. The van der Waals surface area contributed by atoms with E-state index in [9.17, 15) is 9.59 Å². The van der Waals surface area contributed by atoms with Gasteiger partial charge in [0.25, 0.3) is 0 Å². The van der Waals surface area contributed by atoms with Gasteiger partial charge in [0.05, 0.1) is 6.10 Å².